The fourth-order valence-electron chi connectivity index (χ4n) is 1.77. The lowest BCUT2D eigenvalue weighted by Gasteiger charge is -2.05. The van der Waals surface area contributed by atoms with Gasteiger partial charge < -0.3 is 10.1 Å². The summed E-state index contributed by atoms with van der Waals surface area (Å²) < 4.78 is 5.81. The van der Waals surface area contributed by atoms with Gasteiger partial charge in [0, 0.05) is 18.5 Å². The molecule has 0 radical (unpaired) electrons. The quantitative estimate of drug-likeness (QED) is 0.655. The molecule has 1 aromatic carbocycles. The number of hydrogen-bond acceptors (Lipinski definition) is 5. The monoisotopic (exact) mass is 292 g/mol. The van der Waals surface area contributed by atoms with E-state index >= 15 is 0 Å². The maximum atomic E-state index is 11.9. The van der Waals surface area contributed by atoms with Crippen LogP contribution in [0.3, 0.4) is 0 Å². The van der Waals surface area contributed by atoms with Crippen LogP contribution in [0.15, 0.2) is 23.7 Å². The second-order valence-corrected chi connectivity index (χ2v) is 5.09. The molecular weight excluding hydrogens is 276 g/mol. The predicted octanol–water partition coefficient (Wildman–Crippen LogP) is 2.37. The molecule has 2 aromatic rings. The Bertz CT molecular complexity index is 609. The lowest BCUT2D eigenvalue weighted by molar-refractivity contribution is -0.143. The normalized spacial score (nSPS) is 10.4. The Hall–Kier alpha value is -1.95. The number of thiazole rings is 1. The van der Waals surface area contributed by atoms with Gasteiger partial charge in [-0.05, 0) is 31.5 Å². The Morgan fingerprint density at radius 3 is 3.05 bits per heavy atom. The molecule has 0 fully saturated rings. The molecule has 1 heterocycles. The third-order valence-electron chi connectivity index (χ3n) is 2.74. The van der Waals surface area contributed by atoms with Crippen molar-refractivity contribution >= 4 is 33.4 Å². The van der Waals surface area contributed by atoms with Gasteiger partial charge >= 0.3 is 5.97 Å². The molecule has 0 aliphatic carbocycles. The highest BCUT2D eigenvalue weighted by Gasteiger charge is 2.07. The number of benzene rings is 1. The zero-order chi connectivity index (χ0) is 14.4. The fourth-order valence-corrected chi connectivity index (χ4v) is 2.48. The molecule has 1 amide bonds. The minimum Gasteiger partial charge on any atom is -0.466 e. The van der Waals surface area contributed by atoms with E-state index in [4.69, 9.17) is 4.74 Å². The van der Waals surface area contributed by atoms with E-state index in [1.165, 1.54) is 11.3 Å². The summed E-state index contributed by atoms with van der Waals surface area (Å²) in [6, 6.07) is 5.41. The van der Waals surface area contributed by atoms with Gasteiger partial charge in [0.2, 0.25) is 0 Å². The first kappa shape index (κ1) is 14.5. The first-order chi connectivity index (χ1) is 9.70. The molecule has 0 aliphatic rings. The highest BCUT2D eigenvalue weighted by Crippen LogP contribution is 2.18. The van der Waals surface area contributed by atoms with Gasteiger partial charge in [-0.1, -0.05) is 0 Å². The number of esters is 1. The van der Waals surface area contributed by atoms with Crippen molar-refractivity contribution in [3.8, 4) is 0 Å². The number of nitrogens with one attached hydrogen (secondary N) is 1. The van der Waals surface area contributed by atoms with Crippen LogP contribution in [-0.4, -0.2) is 30.0 Å². The number of nitrogens with zero attached hydrogens (tertiary/aromatic N) is 1. The fraction of sp³-hybridized carbons (Fsp3) is 0.357. The number of fused-ring (bicyclic) bond motifs is 1. The van der Waals surface area contributed by atoms with Crippen molar-refractivity contribution in [3.05, 3.63) is 29.3 Å². The maximum absolute atomic E-state index is 11.9. The Morgan fingerprint density at radius 1 is 1.40 bits per heavy atom. The van der Waals surface area contributed by atoms with Gasteiger partial charge in [-0.15, -0.1) is 11.3 Å². The topological polar surface area (TPSA) is 68.3 Å². The van der Waals surface area contributed by atoms with Crippen LogP contribution in [0.25, 0.3) is 10.2 Å². The van der Waals surface area contributed by atoms with E-state index in [0.29, 0.717) is 31.6 Å². The van der Waals surface area contributed by atoms with Gasteiger partial charge in [-0.3, -0.25) is 9.59 Å². The van der Waals surface area contributed by atoms with E-state index in [1.54, 1.807) is 18.5 Å². The largest absolute Gasteiger partial charge is 0.466 e. The Morgan fingerprint density at radius 2 is 2.25 bits per heavy atom. The molecule has 0 bridgehead atoms. The van der Waals surface area contributed by atoms with Crippen LogP contribution in [0.5, 0.6) is 0 Å². The van der Waals surface area contributed by atoms with Crippen LogP contribution < -0.4 is 5.32 Å². The summed E-state index contributed by atoms with van der Waals surface area (Å²) in [6.07, 6.45) is 0.898. The van der Waals surface area contributed by atoms with E-state index in [-0.39, 0.29) is 11.9 Å². The number of hydrogen-bond donors (Lipinski definition) is 1. The smallest absolute Gasteiger partial charge is 0.305 e. The van der Waals surface area contributed by atoms with Gasteiger partial charge in [0.15, 0.2) is 0 Å². The lowest BCUT2D eigenvalue weighted by atomic mass is 10.2. The summed E-state index contributed by atoms with van der Waals surface area (Å²) in [6.45, 7) is 2.62. The maximum Gasteiger partial charge on any atom is 0.305 e. The van der Waals surface area contributed by atoms with Gasteiger partial charge in [0.05, 0.1) is 22.3 Å². The van der Waals surface area contributed by atoms with Crippen LogP contribution in [0.2, 0.25) is 0 Å². The number of amides is 1. The van der Waals surface area contributed by atoms with Gasteiger partial charge in [-0.25, -0.2) is 4.98 Å². The molecule has 106 valence electrons. The standard InChI is InChI=1S/C14H16N2O3S/c1-2-19-13(17)4-3-7-15-14(18)10-5-6-11-12(8-10)20-9-16-11/h5-6,8-9H,2-4,7H2,1H3,(H,15,18). The summed E-state index contributed by atoms with van der Waals surface area (Å²) in [7, 11) is 0. The molecular formula is C14H16N2O3S. The highest BCUT2D eigenvalue weighted by atomic mass is 32.1. The number of carbonyl (C=O) groups is 2. The number of ether oxygens (including phenoxy) is 1. The van der Waals surface area contributed by atoms with Crippen molar-refractivity contribution in [2.24, 2.45) is 0 Å². The molecule has 0 aliphatic heterocycles. The summed E-state index contributed by atoms with van der Waals surface area (Å²) >= 11 is 1.50. The number of aromatic nitrogens is 1. The van der Waals surface area contributed by atoms with Gasteiger partial charge in [0.25, 0.3) is 5.91 Å². The molecule has 0 saturated carbocycles. The van der Waals surface area contributed by atoms with E-state index in [9.17, 15) is 9.59 Å². The zero-order valence-electron chi connectivity index (χ0n) is 11.2. The molecule has 1 N–H and O–H groups in total. The van der Waals surface area contributed by atoms with Crippen LogP contribution in [0, 0.1) is 0 Å². The molecule has 0 saturated heterocycles. The van der Waals surface area contributed by atoms with E-state index in [1.807, 2.05) is 12.1 Å². The van der Waals surface area contributed by atoms with Crippen LogP contribution in [-0.2, 0) is 9.53 Å². The average molecular weight is 292 g/mol. The van der Waals surface area contributed by atoms with Crippen LogP contribution >= 0.6 is 11.3 Å². The van der Waals surface area contributed by atoms with Crippen molar-refractivity contribution in [3.63, 3.8) is 0 Å². The van der Waals surface area contributed by atoms with Crippen molar-refractivity contribution < 1.29 is 14.3 Å². The Labute approximate surface area is 121 Å². The second kappa shape index (κ2) is 7.00. The van der Waals surface area contributed by atoms with Crippen molar-refractivity contribution in [2.75, 3.05) is 13.2 Å². The minimum absolute atomic E-state index is 0.135. The van der Waals surface area contributed by atoms with Crippen molar-refractivity contribution in [2.45, 2.75) is 19.8 Å². The molecule has 6 heteroatoms. The molecule has 0 unspecified atom stereocenters. The Kier molecular flexibility index (Phi) is 5.06. The molecule has 0 atom stereocenters. The van der Waals surface area contributed by atoms with E-state index < -0.39 is 0 Å². The molecule has 1 aromatic heterocycles. The minimum atomic E-state index is -0.229. The van der Waals surface area contributed by atoms with E-state index in [0.717, 1.165) is 10.2 Å². The number of rotatable bonds is 6. The van der Waals surface area contributed by atoms with Crippen LogP contribution in [0.4, 0.5) is 0 Å². The summed E-state index contributed by atoms with van der Waals surface area (Å²) in [5, 5.41) is 2.79. The predicted molar refractivity (Wildman–Crippen MR) is 77.8 cm³/mol. The SMILES string of the molecule is CCOC(=O)CCCNC(=O)c1ccc2ncsc2c1. The molecule has 5 nitrogen and oxygen atoms in total. The van der Waals surface area contributed by atoms with Crippen molar-refractivity contribution in [1.29, 1.82) is 0 Å². The lowest BCUT2D eigenvalue weighted by Crippen LogP contribution is -2.25. The third-order valence-corrected chi connectivity index (χ3v) is 3.53. The molecule has 0 spiro atoms. The van der Waals surface area contributed by atoms with Gasteiger partial charge in [0.1, 0.15) is 0 Å². The summed E-state index contributed by atoms with van der Waals surface area (Å²) in [5.74, 6) is -0.364. The van der Waals surface area contributed by atoms with Gasteiger partial charge in [-0.2, -0.15) is 0 Å². The second-order valence-electron chi connectivity index (χ2n) is 4.20. The van der Waals surface area contributed by atoms with E-state index in [2.05, 4.69) is 10.3 Å². The molecule has 2 rings (SSSR count). The summed E-state index contributed by atoms with van der Waals surface area (Å²) in [4.78, 5) is 27.2. The summed E-state index contributed by atoms with van der Waals surface area (Å²) in [5.41, 5.74) is 3.26. The first-order valence-electron chi connectivity index (χ1n) is 6.47. The number of carbonyl (C=O) groups excluding carboxylic acids is 2. The highest BCUT2D eigenvalue weighted by molar-refractivity contribution is 7.16. The first-order valence-corrected chi connectivity index (χ1v) is 7.35. The Balaban J connectivity index is 1.81. The zero-order valence-corrected chi connectivity index (χ0v) is 12.0. The third kappa shape index (κ3) is 3.77. The molecule has 20 heavy (non-hydrogen) atoms. The average Bonchev–Trinajstić information content (AvgIpc) is 2.91. The van der Waals surface area contributed by atoms with Crippen molar-refractivity contribution in [1.82, 2.24) is 10.3 Å². The van der Waals surface area contributed by atoms with Crippen LogP contribution in [0.1, 0.15) is 30.1 Å².